The van der Waals surface area contributed by atoms with Crippen LogP contribution in [0.4, 0.5) is 0 Å². The Bertz CT molecular complexity index is 413. The lowest BCUT2D eigenvalue weighted by Crippen LogP contribution is -2.61. The second-order valence-electron chi connectivity index (χ2n) is 7.79. The van der Waals surface area contributed by atoms with E-state index in [9.17, 15) is 4.79 Å². The number of amides is 1. The van der Waals surface area contributed by atoms with Crippen LogP contribution in [-0.4, -0.2) is 74.4 Å². The third-order valence-corrected chi connectivity index (χ3v) is 5.79. The van der Waals surface area contributed by atoms with E-state index < -0.39 is 0 Å². The second-order valence-corrected chi connectivity index (χ2v) is 7.79. The van der Waals surface area contributed by atoms with E-state index in [1.165, 1.54) is 6.42 Å². The lowest BCUT2D eigenvalue weighted by atomic mass is 9.65. The summed E-state index contributed by atoms with van der Waals surface area (Å²) in [5.41, 5.74) is -0.0849. The van der Waals surface area contributed by atoms with Crippen LogP contribution in [0.5, 0.6) is 0 Å². The van der Waals surface area contributed by atoms with Gasteiger partial charge in [0.1, 0.15) is 0 Å². The molecule has 3 rings (SSSR count). The molecule has 0 aromatic heterocycles. The Morgan fingerprint density at radius 1 is 1.32 bits per heavy atom. The van der Waals surface area contributed by atoms with Gasteiger partial charge in [-0.1, -0.05) is 0 Å². The maximum Gasteiger partial charge on any atom is 0.223 e. The smallest absolute Gasteiger partial charge is 0.223 e. The number of piperazine rings is 1. The van der Waals surface area contributed by atoms with Gasteiger partial charge in [-0.3, -0.25) is 9.69 Å². The van der Waals surface area contributed by atoms with Crippen molar-refractivity contribution in [1.29, 1.82) is 0 Å². The average molecular weight is 310 g/mol. The first-order chi connectivity index (χ1) is 10.5. The van der Waals surface area contributed by atoms with Gasteiger partial charge in [0.05, 0.1) is 13.2 Å². The Balaban J connectivity index is 1.52. The van der Waals surface area contributed by atoms with Gasteiger partial charge in [-0.25, -0.2) is 0 Å². The Kier molecular flexibility index (Phi) is 4.76. The topological polar surface area (TPSA) is 42.0 Å². The van der Waals surface area contributed by atoms with Crippen molar-refractivity contribution in [2.45, 2.75) is 32.2 Å². The summed E-state index contributed by atoms with van der Waals surface area (Å²) >= 11 is 0. The van der Waals surface area contributed by atoms with Gasteiger partial charge < -0.3 is 14.4 Å². The molecule has 5 heteroatoms. The van der Waals surface area contributed by atoms with Crippen LogP contribution >= 0.6 is 0 Å². The molecule has 2 aliphatic heterocycles. The first kappa shape index (κ1) is 16.2. The maximum absolute atomic E-state index is 12.8. The van der Waals surface area contributed by atoms with Crippen molar-refractivity contribution in [2.24, 2.45) is 17.8 Å². The molecule has 0 N–H and O–H groups in total. The van der Waals surface area contributed by atoms with Gasteiger partial charge in [-0.2, -0.15) is 0 Å². The highest BCUT2D eigenvalue weighted by molar-refractivity contribution is 5.77. The number of hydrogen-bond acceptors (Lipinski definition) is 4. The lowest BCUT2D eigenvalue weighted by molar-refractivity contribution is -0.143. The number of rotatable bonds is 5. The van der Waals surface area contributed by atoms with E-state index in [4.69, 9.17) is 9.47 Å². The Morgan fingerprint density at radius 3 is 2.82 bits per heavy atom. The zero-order valence-corrected chi connectivity index (χ0v) is 14.2. The van der Waals surface area contributed by atoms with Gasteiger partial charge in [0.2, 0.25) is 5.91 Å². The van der Waals surface area contributed by atoms with Crippen molar-refractivity contribution in [3.8, 4) is 0 Å². The summed E-state index contributed by atoms with van der Waals surface area (Å²) in [5.74, 6) is 2.28. The highest BCUT2D eigenvalue weighted by atomic mass is 16.5. The van der Waals surface area contributed by atoms with Gasteiger partial charge in [-0.15, -0.1) is 0 Å². The SMILES string of the molecule is COCCN1CCN(C(=O)CC2C[C@@H]3COC[C@H]23)C(C)(C)C1. The third kappa shape index (κ3) is 3.17. The van der Waals surface area contributed by atoms with Gasteiger partial charge in [0.25, 0.3) is 0 Å². The molecule has 0 aromatic carbocycles. The number of fused-ring (bicyclic) bond motifs is 1. The number of carbonyl (C=O) groups excluding carboxylic acids is 1. The van der Waals surface area contributed by atoms with Crippen molar-refractivity contribution in [1.82, 2.24) is 9.80 Å². The summed E-state index contributed by atoms with van der Waals surface area (Å²) in [5, 5.41) is 0. The minimum Gasteiger partial charge on any atom is -0.383 e. The van der Waals surface area contributed by atoms with E-state index in [0.29, 0.717) is 24.2 Å². The lowest BCUT2D eigenvalue weighted by Gasteiger charge is -2.48. The van der Waals surface area contributed by atoms with Crippen LogP contribution in [0.15, 0.2) is 0 Å². The van der Waals surface area contributed by atoms with Crippen molar-refractivity contribution < 1.29 is 14.3 Å². The van der Waals surface area contributed by atoms with E-state index in [2.05, 4.69) is 23.6 Å². The van der Waals surface area contributed by atoms with E-state index in [0.717, 1.165) is 51.9 Å². The third-order valence-electron chi connectivity index (χ3n) is 5.79. The molecule has 1 aliphatic carbocycles. The molecule has 2 saturated heterocycles. The fourth-order valence-electron chi connectivity index (χ4n) is 4.45. The molecule has 0 bridgehead atoms. The molecule has 2 heterocycles. The molecule has 22 heavy (non-hydrogen) atoms. The Labute approximate surface area is 133 Å². The first-order valence-electron chi connectivity index (χ1n) is 8.61. The average Bonchev–Trinajstić information content (AvgIpc) is 2.82. The summed E-state index contributed by atoms with van der Waals surface area (Å²) in [6.07, 6.45) is 1.90. The van der Waals surface area contributed by atoms with E-state index >= 15 is 0 Å². The van der Waals surface area contributed by atoms with Gasteiger partial charge in [0.15, 0.2) is 0 Å². The molecule has 1 saturated carbocycles. The molecule has 1 amide bonds. The van der Waals surface area contributed by atoms with Gasteiger partial charge in [0, 0.05) is 51.9 Å². The van der Waals surface area contributed by atoms with Crippen LogP contribution in [0.1, 0.15) is 26.7 Å². The molecule has 0 aromatic rings. The summed E-state index contributed by atoms with van der Waals surface area (Å²) in [4.78, 5) is 17.3. The highest BCUT2D eigenvalue weighted by Gasteiger charge is 2.46. The van der Waals surface area contributed by atoms with Crippen molar-refractivity contribution in [2.75, 3.05) is 53.1 Å². The summed E-state index contributed by atoms with van der Waals surface area (Å²) in [6.45, 7) is 10.6. The van der Waals surface area contributed by atoms with Crippen LogP contribution in [-0.2, 0) is 14.3 Å². The number of carbonyl (C=O) groups is 1. The zero-order chi connectivity index (χ0) is 15.7. The van der Waals surface area contributed by atoms with Crippen LogP contribution in [0.3, 0.4) is 0 Å². The monoisotopic (exact) mass is 310 g/mol. The molecule has 3 atom stereocenters. The fraction of sp³-hybridized carbons (Fsp3) is 0.941. The summed E-state index contributed by atoms with van der Waals surface area (Å²) < 4.78 is 10.7. The number of methoxy groups -OCH3 is 1. The molecule has 0 radical (unpaired) electrons. The molecule has 126 valence electrons. The molecule has 5 nitrogen and oxygen atoms in total. The first-order valence-corrected chi connectivity index (χ1v) is 8.61. The fourth-order valence-corrected chi connectivity index (χ4v) is 4.45. The number of hydrogen-bond donors (Lipinski definition) is 0. The van der Waals surface area contributed by atoms with E-state index in [1.54, 1.807) is 7.11 Å². The summed E-state index contributed by atoms with van der Waals surface area (Å²) in [7, 11) is 1.74. The van der Waals surface area contributed by atoms with E-state index in [-0.39, 0.29) is 5.54 Å². The summed E-state index contributed by atoms with van der Waals surface area (Å²) in [6, 6.07) is 0. The highest BCUT2D eigenvalue weighted by Crippen LogP contribution is 2.46. The minimum atomic E-state index is -0.0849. The molecule has 3 aliphatic rings. The quantitative estimate of drug-likeness (QED) is 0.766. The second kappa shape index (κ2) is 6.46. The van der Waals surface area contributed by atoms with Crippen LogP contribution in [0.2, 0.25) is 0 Å². The maximum atomic E-state index is 12.8. The normalized spacial score (nSPS) is 34.3. The zero-order valence-electron chi connectivity index (χ0n) is 14.2. The van der Waals surface area contributed by atoms with Gasteiger partial charge >= 0.3 is 0 Å². The molecule has 3 fully saturated rings. The molecule has 1 unspecified atom stereocenters. The largest absolute Gasteiger partial charge is 0.383 e. The van der Waals surface area contributed by atoms with Gasteiger partial charge in [-0.05, 0) is 38.0 Å². The minimum absolute atomic E-state index is 0.0849. The Morgan fingerprint density at radius 2 is 2.14 bits per heavy atom. The number of nitrogens with zero attached hydrogens (tertiary/aromatic N) is 2. The number of ether oxygens (including phenoxy) is 2. The van der Waals surface area contributed by atoms with E-state index in [1.807, 2.05) is 0 Å². The van der Waals surface area contributed by atoms with Crippen molar-refractivity contribution in [3.63, 3.8) is 0 Å². The molecular formula is C17H30N2O3. The molecular weight excluding hydrogens is 280 g/mol. The molecule has 0 spiro atoms. The standard InChI is InChI=1S/C17H30N2O3/c1-17(2)12-18(6-7-21-3)4-5-19(17)16(20)9-13-8-14-10-22-11-15(13)14/h13-15H,4-12H2,1-3H3/t13?,14-,15-/m1/s1. The van der Waals surface area contributed by atoms with Crippen molar-refractivity contribution in [3.05, 3.63) is 0 Å². The predicted molar refractivity (Wildman–Crippen MR) is 84.6 cm³/mol. The van der Waals surface area contributed by atoms with Crippen molar-refractivity contribution >= 4 is 5.91 Å². The predicted octanol–water partition coefficient (Wildman–Crippen LogP) is 1.23. The van der Waals surface area contributed by atoms with Crippen LogP contribution in [0.25, 0.3) is 0 Å². The van der Waals surface area contributed by atoms with Crippen LogP contribution in [0, 0.1) is 17.8 Å². The Hall–Kier alpha value is -0.650. The van der Waals surface area contributed by atoms with Crippen LogP contribution < -0.4 is 0 Å².